The number of tetrazole rings is 1. The van der Waals surface area contributed by atoms with Crippen LogP contribution in [0.2, 0.25) is 0 Å². The molecule has 0 N–H and O–H groups in total. The number of rotatable bonds is 8. The van der Waals surface area contributed by atoms with E-state index in [2.05, 4.69) is 15.4 Å². The maximum absolute atomic E-state index is 12.3. The van der Waals surface area contributed by atoms with Crippen LogP contribution in [0.5, 0.6) is 11.5 Å². The fourth-order valence-electron chi connectivity index (χ4n) is 2.82. The summed E-state index contributed by atoms with van der Waals surface area (Å²) in [6.45, 7) is 3.12. The maximum atomic E-state index is 12.3. The number of hydrogen-bond donors (Lipinski definition) is 0. The number of ether oxygens (including phenoxy) is 3. The highest BCUT2D eigenvalue weighted by Gasteiger charge is 2.15. The lowest BCUT2D eigenvalue weighted by Crippen LogP contribution is -2.20. The monoisotopic (exact) mass is 410 g/mol. The first-order chi connectivity index (χ1) is 14.4. The summed E-state index contributed by atoms with van der Waals surface area (Å²) in [4.78, 5) is 25.5. The van der Waals surface area contributed by atoms with E-state index in [4.69, 9.17) is 14.2 Å². The Kier molecular flexibility index (Phi) is 6.41. The van der Waals surface area contributed by atoms with Crippen molar-refractivity contribution in [3.63, 3.8) is 0 Å². The summed E-state index contributed by atoms with van der Waals surface area (Å²) in [6, 6.07) is 10.7. The van der Waals surface area contributed by atoms with Gasteiger partial charge in [0.2, 0.25) is 11.6 Å². The quantitative estimate of drug-likeness (QED) is 0.412. The molecule has 9 heteroatoms. The van der Waals surface area contributed by atoms with E-state index >= 15 is 0 Å². The number of aryl methyl sites for hydroxylation is 2. The SMILES string of the molecule is COc1ccc(-c2nnn(CC(=O)OCC(=O)c3cc(C)ccc3C)n2)cc1OC. The maximum Gasteiger partial charge on any atom is 0.330 e. The van der Waals surface area contributed by atoms with Crippen molar-refractivity contribution in [2.75, 3.05) is 20.8 Å². The highest BCUT2D eigenvalue weighted by atomic mass is 16.5. The summed E-state index contributed by atoms with van der Waals surface area (Å²) in [5.41, 5.74) is 2.98. The molecule has 156 valence electrons. The lowest BCUT2D eigenvalue weighted by atomic mass is 10.0. The molecule has 30 heavy (non-hydrogen) atoms. The second-order valence-corrected chi connectivity index (χ2v) is 6.62. The number of carbonyl (C=O) groups is 2. The Morgan fingerprint density at radius 3 is 2.50 bits per heavy atom. The predicted molar refractivity (Wildman–Crippen MR) is 108 cm³/mol. The van der Waals surface area contributed by atoms with Gasteiger partial charge in [-0.05, 0) is 48.9 Å². The number of methoxy groups -OCH3 is 2. The highest BCUT2D eigenvalue weighted by molar-refractivity contribution is 5.99. The van der Waals surface area contributed by atoms with E-state index in [0.29, 0.717) is 28.5 Å². The van der Waals surface area contributed by atoms with Crippen LogP contribution < -0.4 is 9.47 Å². The fourth-order valence-corrected chi connectivity index (χ4v) is 2.82. The van der Waals surface area contributed by atoms with Gasteiger partial charge in [0.15, 0.2) is 24.7 Å². The second-order valence-electron chi connectivity index (χ2n) is 6.62. The molecule has 0 fully saturated rings. The number of ketones is 1. The van der Waals surface area contributed by atoms with Gasteiger partial charge < -0.3 is 14.2 Å². The number of esters is 1. The number of Topliss-reactive ketones (excluding diaryl/α,β-unsaturated/α-hetero) is 1. The molecule has 0 saturated carbocycles. The minimum Gasteiger partial charge on any atom is -0.493 e. The fraction of sp³-hybridized carbons (Fsp3) is 0.286. The number of aromatic nitrogens is 4. The molecule has 0 radical (unpaired) electrons. The third-order valence-electron chi connectivity index (χ3n) is 4.42. The third kappa shape index (κ3) is 4.80. The molecule has 1 heterocycles. The summed E-state index contributed by atoms with van der Waals surface area (Å²) in [7, 11) is 3.07. The van der Waals surface area contributed by atoms with Crippen molar-refractivity contribution in [3.05, 3.63) is 53.1 Å². The summed E-state index contributed by atoms with van der Waals surface area (Å²) in [6.07, 6.45) is 0. The average molecular weight is 410 g/mol. The molecule has 0 amide bonds. The Morgan fingerprint density at radius 2 is 1.77 bits per heavy atom. The Morgan fingerprint density at radius 1 is 1.00 bits per heavy atom. The van der Waals surface area contributed by atoms with Crippen LogP contribution in [0.15, 0.2) is 36.4 Å². The molecular formula is C21H22N4O5. The Hall–Kier alpha value is -3.75. The van der Waals surface area contributed by atoms with Crippen molar-refractivity contribution in [1.82, 2.24) is 20.2 Å². The topological polar surface area (TPSA) is 105 Å². The van der Waals surface area contributed by atoms with E-state index in [1.807, 2.05) is 26.0 Å². The average Bonchev–Trinajstić information content (AvgIpc) is 3.21. The first-order valence-electron chi connectivity index (χ1n) is 9.17. The van der Waals surface area contributed by atoms with Crippen molar-refractivity contribution in [2.24, 2.45) is 0 Å². The lowest BCUT2D eigenvalue weighted by molar-refractivity contribution is -0.143. The second kappa shape index (κ2) is 9.17. The van der Waals surface area contributed by atoms with Gasteiger partial charge in [0.25, 0.3) is 0 Å². The molecule has 0 atom stereocenters. The summed E-state index contributed by atoms with van der Waals surface area (Å²) >= 11 is 0. The molecule has 3 aromatic rings. The zero-order chi connectivity index (χ0) is 21.7. The Balaban J connectivity index is 1.61. The number of benzene rings is 2. The van der Waals surface area contributed by atoms with Gasteiger partial charge in [-0.1, -0.05) is 17.7 Å². The van der Waals surface area contributed by atoms with Gasteiger partial charge in [0.1, 0.15) is 0 Å². The van der Waals surface area contributed by atoms with Crippen LogP contribution in [0, 0.1) is 13.8 Å². The van der Waals surface area contributed by atoms with E-state index < -0.39 is 5.97 Å². The normalized spacial score (nSPS) is 10.5. The first kappa shape index (κ1) is 21.0. The van der Waals surface area contributed by atoms with Crippen LogP contribution in [0.25, 0.3) is 11.4 Å². The zero-order valence-corrected chi connectivity index (χ0v) is 17.2. The minimum atomic E-state index is -0.634. The van der Waals surface area contributed by atoms with Crippen molar-refractivity contribution in [2.45, 2.75) is 20.4 Å². The Bertz CT molecular complexity index is 1080. The van der Waals surface area contributed by atoms with Gasteiger partial charge in [-0.3, -0.25) is 4.79 Å². The van der Waals surface area contributed by atoms with E-state index in [1.54, 1.807) is 31.4 Å². The molecular weight excluding hydrogens is 388 g/mol. The van der Waals surface area contributed by atoms with Gasteiger partial charge in [0, 0.05) is 11.1 Å². The van der Waals surface area contributed by atoms with Crippen LogP contribution in [0.4, 0.5) is 0 Å². The molecule has 2 aromatic carbocycles. The van der Waals surface area contributed by atoms with Gasteiger partial charge in [-0.2, -0.15) is 4.80 Å². The van der Waals surface area contributed by atoms with Gasteiger partial charge >= 0.3 is 5.97 Å². The van der Waals surface area contributed by atoms with Crippen molar-refractivity contribution >= 4 is 11.8 Å². The number of nitrogens with zero attached hydrogens (tertiary/aromatic N) is 4. The van der Waals surface area contributed by atoms with Crippen LogP contribution in [-0.2, 0) is 16.1 Å². The molecule has 0 spiro atoms. The summed E-state index contributed by atoms with van der Waals surface area (Å²) in [5.74, 6) is 0.517. The minimum absolute atomic E-state index is 0.262. The van der Waals surface area contributed by atoms with Crippen LogP contribution in [0.1, 0.15) is 21.5 Å². The van der Waals surface area contributed by atoms with Crippen LogP contribution >= 0.6 is 0 Å². The summed E-state index contributed by atoms with van der Waals surface area (Å²) < 4.78 is 15.5. The van der Waals surface area contributed by atoms with Crippen molar-refractivity contribution < 1.29 is 23.8 Å². The van der Waals surface area contributed by atoms with Crippen molar-refractivity contribution in [1.29, 1.82) is 0 Å². The summed E-state index contributed by atoms with van der Waals surface area (Å²) in [5, 5.41) is 12.0. The molecule has 0 unspecified atom stereocenters. The smallest absolute Gasteiger partial charge is 0.330 e. The lowest BCUT2D eigenvalue weighted by Gasteiger charge is -2.07. The zero-order valence-electron chi connectivity index (χ0n) is 17.2. The molecule has 3 rings (SSSR count). The predicted octanol–water partition coefficient (Wildman–Crippen LogP) is 2.40. The molecule has 9 nitrogen and oxygen atoms in total. The third-order valence-corrected chi connectivity index (χ3v) is 4.42. The first-order valence-corrected chi connectivity index (χ1v) is 9.17. The van der Waals surface area contributed by atoms with Gasteiger partial charge in [-0.15, -0.1) is 10.2 Å². The van der Waals surface area contributed by atoms with E-state index in [-0.39, 0.29) is 18.9 Å². The van der Waals surface area contributed by atoms with E-state index in [9.17, 15) is 9.59 Å². The molecule has 0 aliphatic rings. The largest absolute Gasteiger partial charge is 0.493 e. The van der Waals surface area contributed by atoms with Crippen molar-refractivity contribution in [3.8, 4) is 22.9 Å². The molecule has 0 aliphatic heterocycles. The molecule has 0 aliphatic carbocycles. The molecule has 0 bridgehead atoms. The van der Waals surface area contributed by atoms with E-state index in [1.165, 1.54) is 7.11 Å². The standard InChI is InChI=1S/C21H22N4O5/c1-13-5-6-14(2)16(9-13)17(26)12-30-20(27)11-25-23-21(22-24-25)15-7-8-18(28-3)19(10-15)29-4/h5-10H,11-12H2,1-4H3. The molecule has 1 aromatic heterocycles. The van der Waals surface area contributed by atoms with Gasteiger partial charge in [-0.25, -0.2) is 4.79 Å². The van der Waals surface area contributed by atoms with Crippen LogP contribution in [0.3, 0.4) is 0 Å². The van der Waals surface area contributed by atoms with Gasteiger partial charge in [0.05, 0.1) is 14.2 Å². The number of carbonyl (C=O) groups excluding carboxylic acids is 2. The van der Waals surface area contributed by atoms with Crippen LogP contribution in [-0.4, -0.2) is 52.8 Å². The van der Waals surface area contributed by atoms with E-state index in [0.717, 1.165) is 15.9 Å². The number of hydrogen-bond acceptors (Lipinski definition) is 8. The molecule has 0 saturated heterocycles. The highest BCUT2D eigenvalue weighted by Crippen LogP contribution is 2.30. The Labute approximate surface area is 173 Å².